The van der Waals surface area contributed by atoms with Crippen LogP contribution in [0.3, 0.4) is 0 Å². The van der Waals surface area contributed by atoms with Crippen LogP contribution in [0.15, 0.2) is 60.7 Å². The van der Waals surface area contributed by atoms with Crippen molar-refractivity contribution in [3.63, 3.8) is 0 Å². The van der Waals surface area contributed by atoms with Crippen LogP contribution in [-0.4, -0.2) is 35.5 Å². The molecule has 5 nitrogen and oxygen atoms in total. The second-order valence-corrected chi connectivity index (χ2v) is 12.1. The van der Waals surface area contributed by atoms with Crippen LogP contribution in [-0.2, 0) is 4.79 Å². The third-order valence-corrected chi connectivity index (χ3v) is 8.98. The lowest BCUT2D eigenvalue weighted by atomic mass is 9.77. The van der Waals surface area contributed by atoms with Crippen molar-refractivity contribution in [3.05, 3.63) is 94.0 Å². The van der Waals surface area contributed by atoms with Crippen molar-refractivity contribution in [1.82, 2.24) is 4.90 Å². The quantitative estimate of drug-likeness (QED) is 0.256. The second kappa shape index (κ2) is 13.1. The molecule has 3 aromatic rings. The fourth-order valence-electron chi connectivity index (χ4n) is 6.32. The molecule has 234 valence electrons. The van der Waals surface area contributed by atoms with Crippen molar-refractivity contribution in [2.24, 2.45) is 11.8 Å². The maximum absolute atomic E-state index is 14.8. The van der Waals surface area contributed by atoms with Gasteiger partial charge in [-0.3, -0.25) is 9.59 Å². The lowest BCUT2D eigenvalue weighted by Crippen LogP contribution is -2.51. The largest absolute Gasteiger partial charge is 0.393 e. The minimum atomic E-state index is -4.72. The summed E-state index contributed by atoms with van der Waals surface area (Å²) in [7, 11) is 0. The number of rotatable bonds is 7. The molecule has 2 N–H and O–H groups in total. The van der Waals surface area contributed by atoms with Crippen molar-refractivity contribution in [1.29, 1.82) is 0 Å². The Labute approximate surface area is 257 Å². The van der Waals surface area contributed by atoms with Crippen molar-refractivity contribution in [3.8, 4) is 0 Å². The number of piperidine rings is 1. The number of carbonyl (C=O) groups is 2. The molecule has 1 heterocycles. The number of alkyl halides is 3. The molecule has 0 unspecified atom stereocenters. The number of anilines is 2. The smallest absolute Gasteiger partial charge is 0.382 e. The molecule has 44 heavy (non-hydrogen) atoms. The van der Waals surface area contributed by atoms with E-state index in [-0.39, 0.29) is 6.42 Å². The van der Waals surface area contributed by atoms with Crippen LogP contribution in [0.1, 0.15) is 66.1 Å². The normalized spacial score (nSPS) is 20.9. The molecular formula is C33H33ClF5N3O2. The molecule has 1 saturated carbocycles. The van der Waals surface area contributed by atoms with E-state index in [2.05, 4.69) is 10.6 Å². The highest BCUT2D eigenvalue weighted by molar-refractivity contribution is 6.31. The number of carbonyl (C=O) groups excluding carboxylic acids is 2. The summed E-state index contributed by atoms with van der Waals surface area (Å²) < 4.78 is 72.3. The molecule has 11 heteroatoms. The van der Waals surface area contributed by atoms with Gasteiger partial charge >= 0.3 is 6.18 Å². The Kier molecular flexibility index (Phi) is 9.48. The first kappa shape index (κ1) is 31.8. The summed E-state index contributed by atoms with van der Waals surface area (Å²) >= 11 is 6.18. The Morgan fingerprint density at radius 1 is 0.955 bits per heavy atom. The Balaban J connectivity index is 1.51. The van der Waals surface area contributed by atoms with E-state index in [0.29, 0.717) is 22.3 Å². The van der Waals surface area contributed by atoms with Gasteiger partial charge in [-0.1, -0.05) is 48.7 Å². The Morgan fingerprint density at radius 2 is 1.59 bits per heavy atom. The number of amides is 2. The third kappa shape index (κ3) is 7.17. The van der Waals surface area contributed by atoms with E-state index < -0.39 is 66.0 Å². The molecule has 5 rings (SSSR count). The Hall–Kier alpha value is -3.66. The average Bonchev–Trinajstić information content (AvgIpc) is 3.47. The molecule has 3 aromatic carbocycles. The van der Waals surface area contributed by atoms with Crippen molar-refractivity contribution < 1.29 is 31.5 Å². The zero-order chi connectivity index (χ0) is 31.6. The van der Waals surface area contributed by atoms with E-state index in [1.165, 1.54) is 0 Å². The van der Waals surface area contributed by atoms with Crippen LogP contribution in [0.25, 0.3) is 0 Å². The van der Waals surface area contributed by atoms with Crippen molar-refractivity contribution in [2.75, 3.05) is 17.2 Å². The zero-order valence-electron chi connectivity index (χ0n) is 24.1. The van der Waals surface area contributed by atoms with Gasteiger partial charge in [-0.2, -0.15) is 13.2 Å². The van der Waals surface area contributed by atoms with Gasteiger partial charge in [-0.25, -0.2) is 8.78 Å². The van der Waals surface area contributed by atoms with Crippen molar-refractivity contribution in [2.45, 2.75) is 63.7 Å². The molecular weight excluding hydrogens is 601 g/mol. The highest BCUT2D eigenvalue weighted by Crippen LogP contribution is 2.46. The van der Waals surface area contributed by atoms with E-state index >= 15 is 0 Å². The molecule has 0 aromatic heterocycles. The number of likely N-dealkylation sites (tertiary alicyclic amines) is 1. The molecule has 1 aliphatic heterocycles. The standard InChI is InChI=1S/C33H33ClF5N3O2/c1-19-9-12-25(17-26(19)34)41-29(43)16-21-15-22(33(37,38)39)18-42(32(44)30-27(35)7-4-8-28(30)36)31(21)20-10-13-24(14-11-20)40-23-5-2-3-6-23/h4,7-14,17,21-23,31,40H,2-3,5-6,15-16,18H2,1H3,(H,41,43)/t21-,22-,31+/m1/s1. The number of aryl methyl sites for hydroxylation is 1. The summed E-state index contributed by atoms with van der Waals surface area (Å²) in [6.45, 7) is 0.977. The van der Waals surface area contributed by atoms with Crippen molar-refractivity contribution >= 4 is 34.8 Å². The topological polar surface area (TPSA) is 61.4 Å². The zero-order valence-corrected chi connectivity index (χ0v) is 24.8. The number of benzene rings is 3. The predicted octanol–water partition coefficient (Wildman–Crippen LogP) is 8.69. The van der Waals surface area contributed by atoms with E-state index in [4.69, 9.17) is 11.6 Å². The lowest BCUT2D eigenvalue weighted by molar-refractivity contribution is -0.194. The molecule has 2 aliphatic rings. The van der Waals surface area contributed by atoms with E-state index in [1.807, 2.05) is 0 Å². The van der Waals surface area contributed by atoms with Gasteiger partial charge < -0.3 is 15.5 Å². The van der Waals surface area contributed by atoms with Crippen LogP contribution in [0.5, 0.6) is 0 Å². The minimum absolute atomic E-state index is 0.317. The van der Waals surface area contributed by atoms with Crippen LogP contribution in [0.2, 0.25) is 5.02 Å². The maximum atomic E-state index is 14.8. The van der Waals surface area contributed by atoms with Gasteiger partial charge in [0.1, 0.15) is 17.2 Å². The summed E-state index contributed by atoms with van der Waals surface area (Å²) in [4.78, 5) is 27.9. The fraction of sp³-hybridized carbons (Fsp3) is 0.394. The first-order valence-corrected chi connectivity index (χ1v) is 15.0. The van der Waals surface area contributed by atoms with Crippen LogP contribution >= 0.6 is 11.6 Å². The number of nitrogens with one attached hydrogen (secondary N) is 2. The second-order valence-electron chi connectivity index (χ2n) is 11.7. The van der Waals surface area contributed by atoms with E-state index in [1.54, 1.807) is 49.4 Å². The fourth-order valence-corrected chi connectivity index (χ4v) is 6.50. The maximum Gasteiger partial charge on any atom is 0.393 e. The van der Waals surface area contributed by atoms with E-state index in [0.717, 1.165) is 60.0 Å². The molecule has 3 atom stereocenters. The number of nitrogens with zero attached hydrogens (tertiary/aromatic N) is 1. The third-order valence-electron chi connectivity index (χ3n) is 8.57. The number of hydrogen-bond acceptors (Lipinski definition) is 3. The first-order chi connectivity index (χ1) is 20.9. The average molecular weight is 634 g/mol. The number of halogens is 6. The van der Waals surface area contributed by atoms with E-state index in [9.17, 15) is 31.5 Å². The van der Waals surface area contributed by atoms with Gasteiger partial charge in [0.25, 0.3) is 5.91 Å². The highest BCUT2D eigenvalue weighted by atomic mass is 35.5. The molecule has 0 spiro atoms. The number of hydrogen-bond donors (Lipinski definition) is 2. The summed E-state index contributed by atoms with van der Waals surface area (Å²) in [5.41, 5.74) is 1.49. The molecule has 1 aliphatic carbocycles. The predicted molar refractivity (Wildman–Crippen MR) is 160 cm³/mol. The summed E-state index contributed by atoms with van der Waals surface area (Å²) in [5.74, 6) is -7.17. The molecule has 2 amide bonds. The molecule has 0 bridgehead atoms. The molecule has 0 radical (unpaired) electrons. The van der Waals surface area contributed by atoms with Gasteiger partial charge in [0.2, 0.25) is 5.91 Å². The van der Waals surface area contributed by atoms with Gasteiger partial charge in [0.05, 0.1) is 12.0 Å². The van der Waals surface area contributed by atoms with Crippen LogP contribution in [0, 0.1) is 30.4 Å². The van der Waals surface area contributed by atoms with Gasteiger partial charge in [0, 0.05) is 35.4 Å². The minimum Gasteiger partial charge on any atom is -0.382 e. The van der Waals surface area contributed by atoms with Crippen LogP contribution in [0.4, 0.5) is 33.3 Å². The summed E-state index contributed by atoms with van der Waals surface area (Å²) in [6, 6.07) is 13.9. The monoisotopic (exact) mass is 633 g/mol. The first-order valence-electron chi connectivity index (χ1n) is 14.6. The molecule has 1 saturated heterocycles. The van der Waals surface area contributed by atoms with Crippen LogP contribution < -0.4 is 10.6 Å². The summed E-state index contributed by atoms with van der Waals surface area (Å²) in [6.07, 6.45) is -1.24. The van der Waals surface area contributed by atoms with Gasteiger partial charge in [-0.15, -0.1) is 0 Å². The van der Waals surface area contributed by atoms with Gasteiger partial charge in [0.15, 0.2) is 0 Å². The van der Waals surface area contributed by atoms with Gasteiger partial charge in [-0.05, 0) is 79.6 Å². The molecule has 2 fully saturated rings. The SMILES string of the molecule is Cc1ccc(NC(=O)C[C@H]2C[C@@H](C(F)(F)F)CN(C(=O)c3c(F)cccc3F)[C@H]2c2ccc(NC3CCCC3)cc2)cc1Cl. The lowest BCUT2D eigenvalue weighted by Gasteiger charge is -2.45. The highest BCUT2D eigenvalue weighted by Gasteiger charge is 2.50. The Bertz CT molecular complexity index is 1490. The Morgan fingerprint density at radius 3 is 2.20 bits per heavy atom. The summed E-state index contributed by atoms with van der Waals surface area (Å²) in [5, 5.41) is 6.54.